The number of anilines is 2. The molecule has 7 nitrogen and oxygen atoms in total. The molecule has 2 aromatic heterocycles. The Hall–Kier alpha value is -4.00. The lowest BCUT2D eigenvalue weighted by Gasteiger charge is -2.25. The minimum absolute atomic E-state index is 0.147. The Morgan fingerprint density at radius 1 is 0.906 bits per heavy atom. The van der Waals surface area contributed by atoms with E-state index in [9.17, 15) is 9.59 Å². The van der Waals surface area contributed by atoms with E-state index in [0.717, 1.165) is 18.4 Å². The van der Waals surface area contributed by atoms with Crippen LogP contribution in [0.4, 0.5) is 11.5 Å². The maximum absolute atomic E-state index is 12.8. The summed E-state index contributed by atoms with van der Waals surface area (Å²) in [4.78, 5) is 29.7. The van der Waals surface area contributed by atoms with E-state index >= 15 is 0 Å². The van der Waals surface area contributed by atoms with Gasteiger partial charge >= 0.3 is 5.69 Å². The highest BCUT2D eigenvalue weighted by molar-refractivity contribution is 5.62. The highest BCUT2D eigenvalue weighted by Crippen LogP contribution is 2.21. The molecule has 4 aromatic rings. The number of nitrogens with zero attached hydrogens (tertiary/aromatic N) is 2. The summed E-state index contributed by atoms with van der Waals surface area (Å²) in [6.45, 7) is 1.22. The summed E-state index contributed by atoms with van der Waals surface area (Å²) < 4.78 is 6.92. The molecule has 0 spiro atoms. The van der Waals surface area contributed by atoms with Gasteiger partial charge in [-0.05, 0) is 36.1 Å². The number of furan rings is 1. The summed E-state index contributed by atoms with van der Waals surface area (Å²) in [5.41, 5.74) is 7.82. The molecule has 0 fully saturated rings. The lowest BCUT2D eigenvalue weighted by molar-refractivity contribution is 0.500. The van der Waals surface area contributed by atoms with Gasteiger partial charge in [-0.25, -0.2) is 4.79 Å². The number of nitrogens with two attached hydrogens (primary N) is 1. The summed E-state index contributed by atoms with van der Waals surface area (Å²) >= 11 is 0. The van der Waals surface area contributed by atoms with Crippen molar-refractivity contribution in [3.05, 3.63) is 117 Å². The molecule has 0 bridgehead atoms. The van der Waals surface area contributed by atoms with Crippen LogP contribution in [-0.4, -0.2) is 16.1 Å². The van der Waals surface area contributed by atoms with Crippen molar-refractivity contribution < 1.29 is 4.42 Å². The van der Waals surface area contributed by atoms with E-state index in [2.05, 4.69) is 17.1 Å². The Labute approximate surface area is 185 Å². The van der Waals surface area contributed by atoms with Gasteiger partial charge in [-0.15, -0.1) is 0 Å². The van der Waals surface area contributed by atoms with Gasteiger partial charge < -0.3 is 15.1 Å². The van der Waals surface area contributed by atoms with Crippen molar-refractivity contribution in [2.75, 3.05) is 17.2 Å². The first kappa shape index (κ1) is 21.2. The van der Waals surface area contributed by atoms with Gasteiger partial charge in [-0.3, -0.25) is 14.3 Å². The second kappa shape index (κ2) is 9.87. The predicted octanol–water partition coefficient (Wildman–Crippen LogP) is 3.40. The van der Waals surface area contributed by atoms with Gasteiger partial charge in [0.05, 0.1) is 19.4 Å². The van der Waals surface area contributed by atoms with Gasteiger partial charge in [0, 0.05) is 6.54 Å². The molecule has 0 radical (unpaired) electrons. The Kier molecular flexibility index (Phi) is 6.55. The largest absolute Gasteiger partial charge is 0.467 e. The van der Waals surface area contributed by atoms with Gasteiger partial charge in [0.15, 0.2) is 0 Å². The van der Waals surface area contributed by atoms with E-state index in [1.165, 1.54) is 10.1 Å². The quantitative estimate of drug-likeness (QED) is 0.424. The van der Waals surface area contributed by atoms with Gasteiger partial charge in [0.25, 0.3) is 5.56 Å². The molecule has 0 unspecified atom stereocenters. The van der Waals surface area contributed by atoms with Crippen LogP contribution in [0.1, 0.15) is 23.3 Å². The number of aromatic nitrogens is 2. The van der Waals surface area contributed by atoms with Crippen LogP contribution >= 0.6 is 0 Å². The third-order valence-corrected chi connectivity index (χ3v) is 5.38. The fraction of sp³-hybridized carbons (Fsp3) is 0.200. The van der Waals surface area contributed by atoms with Crippen molar-refractivity contribution in [2.24, 2.45) is 0 Å². The molecule has 2 aromatic carbocycles. The summed E-state index contributed by atoms with van der Waals surface area (Å²) in [7, 11) is 0. The number of aryl methyl sites for hydroxylation is 1. The molecule has 7 heteroatoms. The predicted molar refractivity (Wildman–Crippen MR) is 126 cm³/mol. The lowest BCUT2D eigenvalue weighted by atomic mass is 10.1. The number of H-pyrrole nitrogens is 1. The second-order valence-electron chi connectivity index (χ2n) is 7.65. The Morgan fingerprint density at radius 3 is 2.25 bits per heavy atom. The zero-order valence-corrected chi connectivity index (χ0v) is 17.7. The van der Waals surface area contributed by atoms with Crippen LogP contribution in [0.25, 0.3) is 0 Å². The van der Waals surface area contributed by atoms with Crippen LogP contribution in [-0.2, 0) is 19.5 Å². The first-order valence-electron chi connectivity index (χ1n) is 10.6. The SMILES string of the molecule is Nc1c(N(CCCc2ccccc2)Cc2ccco2)c(=O)[nH]c(=O)n1Cc1ccccc1. The molecule has 2 heterocycles. The number of hydrogen-bond donors (Lipinski definition) is 2. The molecule has 32 heavy (non-hydrogen) atoms. The normalized spacial score (nSPS) is 10.9. The highest BCUT2D eigenvalue weighted by atomic mass is 16.3. The fourth-order valence-corrected chi connectivity index (χ4v) is 3.79. The van der Waals surface area contributed by atoms with E-state index in [0.29, 0.717) is 18.8 Å². The third-order valence-electron chi connectivity index (χ3n) is 5.38. The molecule has 3 N–H and O–H groups in total. The Balaban J connectivity index is 1.65. The molecule has 0 saturated carbocycles. The van der Waals surface area contributed by atoms with Crippen LogP contribution in [0.5, 0.6) is 0 Å². The molecule has 0 amide bonds. The maximum Gasteiger partial charge on any atom is 0.330 e. The molecular formula is C25H26N4O3. The smallest absolute Gasteiger partial charge is 0.330 e. The summed E-state index contributed by atoms with van der Waals surface area (Å²) in [6.07, 6.45) is 3.26. The monoisotopic (exact) mass is 430 g/mol. The molecular weight excluding hydrogens is 404 g/mol. The van der Waals surface area contributed by atoms with Crippen molar-refractivity contribution in [3.8, 4) is 0 Å². The molecule has 4 rings (SSSR count). The lowest BCUT2D eigenvalue weighted by Crippen LogP contribution is -2.38. The molecule has 0 aliphatic heterocycles. The standard InChI is InChI=1S/C25H26N4O3/c26-23-22(24(30)27-25(31)29(23)17-20-11-5-2-6-12-20)28(18-21-14-8-16-32-21)15-7-13-19-9-3-1-4-10-19/h1-6,8-12,14,16H,7,13,15,17-18,26H2,(H,27,30,31). The third kappa shape index (κ3) is 5.00. The van der Waals surface area contributed by atoms with Crippen molar-refractivity contribution in [2.45, 2.75) is 25.9 Å². The van der Waals surface area contributed by atoms with Gasteiger partial charge in [0.1, 0.15) is 17.3 Å². The van der Waals surface area contributed by atoms with Crippen LogP contribution in [0.2, 0.25) is 0 Å². The maximum atomic E-state index is 12.8. The molecule has 164 valence electrons. The molecule has 0 atom stereocenters. The van der Waals surface area contributed by atoms with Gasteiger partial charge in [-0.1, -0.05) is 60.7 Å². The average molecular weight is 431 g/mol. The second-order valence-corrected chi connectivity index (χ2v) is 7.65. The van der Waals surface area contributed by atoms with E-state index in [1.54, 1.807) is 12.3 Å². The molecule has 0 aliphatic rings. The topological polar surface area (TPSA) is 97.3 Å². The first-order chi connectivity index (χ1) is 15.6. The van der Waals surface area contributed by atoms with Crippen molar-refractivity contribution in [1.29, 1.82) is 0 Å². The summed E-state index contributed by atoms with van der Waals surface area (Å²) in [5.74, 6) is 0.859. The Morgan fingerprint density at radius 2 is 1.59 bits per heavy atom. The summed E-state index contributed by atoms with van der Waals surface area (Å²) in [5, 5.41) is 0. The minimum Gasteiger partial charge on any atom is -0.467 e. The van der Waals surface area contributed by atoms with E-state index < -0.39 is 11.2 Å². The van der Waals surface area contributed by atoms with E-state index in [4.69, 9.17) is 10.2 Å². The number of aromatic amines is 1. The number of nitrogen functional groups attached to an aromatic ring is 1. The number of benzene rings is 2. The van der Waals surface area contributed by atoms with Crippen molar-refractivity contribution >= 4 is 11.5 Å². The first-order valence-corrected chi connectivity index (χ1v) is 10.6. The minimum atomic E-state index is -0.526. The van der Waals surface area contributed by atoms with Crippen LogP contribution < -0.4 is 21.9 Å². The zero-order valence-electron chi connectivity index (χ0n) is 17.7. The summed E-state index contributed by atoms with van der Waals surface area (Å²) in [6, 6.07) is 23.4. The van der Waals surface area contributed by atoms with Crippen LogP contribution in [0.15, 0.2) is 93.1 Å². The van der Waals surface area contributed by atoms with Gasteiger partial charge in [-0.2, -0.15) is 0 Å². The van der Waals surface area contributed by atoms with Crippen molar-refractivity contribution in [1.82, 2.24) is 9.55 Å². The zero-order chi connectivity index (χ0) is 22.3. The number of rotatable bonds is 9. The van der Waals surface area contributed by atoms with Crippen LogP contribution in [0, 0.1) is 0 Å². The van der Waals surface area contributed by atoms with E-state index in [1.807, 2.05) is 59.5 Å². The molecule has 0 aliphatic carbocycles. The fourth-order valence-electron chi connectivity index (χ4n) is 3.79. The van der Waals surface area contributed by atoms with Crippen molar-refractivity contribution in [3.63, 3.8) is 0 Å². The highest BCUT2D eigenvalue weighted by Gasteiger charge is 2.20. The van der Waals surface area contributed by atoms with Crippen LogP contribution in [0.3, 0.4) is 0 Å². The molecule has 0 saturated heterocycles. The Bertz CT molecular complexity index is 1250. The van der Waals surface area contributed by atoms with E-state index in [-0.39, 0.29) is 18.1 Å². The average Bonchev–Trinajstić information content (AvgIpc) is 3.31. The number of hydrogen-bond acceptors (Lipinski definition) is 5. The van der Waals surface area contributed by atoms with Gasteiger partial charge in [0.2, 0.25) is 0 Å². The number of nitrogens with one attached hydrogen (secondary N) is 1.